The van der Waals surface area contributed by atoms with Gasteiger partial charge >= 0.3 is 0 Å². The molecule has 4 nitrogen and oxygen atoms in total. The van der Waals surface area contributed by atoms with Gasteiger partial charge in [-0.25, -0.2) is 13.1 Å². The molecule has 2 N–H and O–H groups in total. The van der Waals surface area contributed by atoms with Crippen LogP contribution in [0.3, 0.4) is 0 Å². The Kier molecular flexibility index (Phi) is 5.04. The zero-order valence-electron chi connectivity index (χ0n) is 10.9. The molecule has 2 aromatic rings. The van der Waals surface area contributed by atoms with Crippen LogP contribution in [0.5, 0.6) is 0 Å². The van der Waals surface area contributed by atoms with Crippen LogP contribution < -0.4 is 10.0 Å². The predicted octanol–water partition coefficient (Wildman–Crippen LogP) is 2.96. The molecule has 0 radical (unpaired) electrons. The summed E-state index contributed by atoms with van der Waals surface area (Å²) in [4.78, 5) is 1.32. The molecule has 0 aliphatic carbocycles. The van der Waals surface area contributed by atoms with E-state index in [4.69, 9.17) is 11.6 Å². The molecule has 1 aromatic carbocycles. The third kappa shape index (κ3) is 3.96. The summed E-state index contributed by atoms with van der Waals surface area (Å²) in [5, 5.41) is 2.95. The Morgan fingerprint density at radius 1 is 1.15 bits per heavy atom. The van der Waals surface area contributed by atoms with E-state index >= 15 is 0 Å². The third-order valence-electron chi connectivity index (χ3n) is 2.75. The van der Waals surface area contributed by atoms with Crippen molar-refractivity contribution in [2.45, 2.75) is 11.3 Å². The second-order valence-electron chi connectivity index (χ2n) is 4.13. The lowest BCUT2D eigenvalue weighted by atomic mass is 10.3. The van der Waals surface area contributed by atoms with Crippen molar-refractivity contribution in [3.63, 3.8) is 0 Å². The minimum absolute atomic E-state index is 0.265. The molecule has 0 aliphatic rings. The summed E-state index contributed by atoms with van der Waals surface area (Å²) < 4.78 is 27.4. The minimum Gasteiger partial charge on any atom is -0.388 e. The molecule has 0 fully saturated rings. The third-order valence-corrected chi connectivity index (χ3v) is 5.51. The average Bonchev–Trinajstić information content (AvgIpc) is 2.84. The Hall–Kier alpha value is -1.08. The van der Waals surface area contributed by atoms with Crippen LogP contribution in [0.25, 0.3) is 0 Å². The fourth-order valence-electron chi connectivity index (χ4n) is 1.68. The summed E-state index contributed by atoms with van der Waals surface area (Å²) in [6.07, 6.45) is 0.630. The van der Waals surface area contributed by atoms with Crippen LogP contribution in [0.4, 0.5) is 5.69 Å². The van der Waals surface area contributed by atoms with E-state index in [0.717, 1.165) is 10.6 Å². The molecule has 0 amide bonds. The highest BCUT2D eigenvalue weighted by atomic mass is 35.5. The number of rotatable bonds is 6. The Morgan fingerprint density at radius 3 is 2.40 bits per heavy atom. The van der Waals surface area contributed by atoms with Gasteiger partial charge in [-0.3, -0.25) is 0 Å². The molecule has 0 aliphatic heterocycles. The first kappa shape index (κ1) is 15.3. The SMILES string of the molecule is CNc1ccc(S(=O)(=O)NCCc2ccc(Cl)s2)cc1. The van der Waals surface area contributed by atoms with E-state index in [1.54, 1.807) is 31.3 Å². The smallest absolute Gasteiger partial charge is 0.240 e. The van der Waals surface area contributed by atoms with Crippen LogP contribution >= 0.6 is 22.9 Å². The van der Waals surface area contributed by atoms with Gasteiger partial charge in [0, 0.05) is 24.2 Å². The van der Waals surface area contributed by atoms with E-state index in [-0.39, 0.29) is 4.90 Å². The lowest BCUT2D eigenvalue weighted by Gasteiger charge is -2.07. The standard InChI is InChI=1S/C13H15ClN2O2S2/c1-15-10-2-5-12(6-3-10)20(17,18)16-9-8-11-4-7-13(14)19-11/h2-7,15-16H,8-9H2,1H3. The molecular weight excluding hydrogens is 316 g/mol. The zero-order chi connectivity index (χ0) is 14.6. The van der Waals surface area contributed by atoms with Gasteiger partial charge in [-0.15, -0.1) is 11.3 Å². The Labute approximate surface area is 127 Å². The zero-order valence-corrected chi connectivity index (χ0v) is 13.3. The number of hydrogen-bond acceptors (Lipinski definition) is 4. The summed E-state index contributed by atoms with van der Waals surface area (Å²) >= 11 is 7.29. The van der Waals surface area contributed by atoms with Crippen LogP contribution in [-0.4, -0.2) is 22.0 Å². The van der Waals surface area contributed by atoms with Gasteiger partial charge in [-0.1, -0.05) is 11.6 Å². The predicted molar refractivity (Wildman–Crippen MR) is 84.2 cm³/mol. The van der Waals surface area contributed by atoms with Gasteiger partial charge in [0.05, 0.1) is 9.23 Å². The fraction of sp³-hybridized carbons (Fsp3) is 0.231. The molecule has 1 heterocycles. The number of anilines is 1. The number of hydrogen-bond donors (Lipinski definition) is 2. The van der Waals surface area contributed by atoms with E-state index in [1.165, 1.54) is 11.3 Å². The molecule has 0 saturated heterocycles. The maximum atomic E-state index is 12.1. The normalized spacial score (nSPS) is 11.5. The highest BCUT2D eigenvalue weighted by Crippen LogP contribution is 2.21. The molecule has 2 rings (SSSR count). The van der Waals surface area contributed by atoms with E-state index in [2.05, 4.69) is 10.0 Å². The van der Waals surface area contributed by atoms with Crippen molar-refractivity contribution < 1.29 is 8.42 Å². The summed E-state index contributed by atoms with van der Waals surface area (Å²) in [5.41, 5.74) is 0.872. The number of thiophene rings is 1. The van der Waals surface area contributed by atoms with Crippen molar-refractivity contribution in [1.29, 1.82) is 0 Å². The van der Waals surface area contributed by atoms with Gasteiger partial charge in [0.1, 0.15) is 0 Å². The summed E-state index contributed by atoms with van der Waals surface area (Å²) in [7, 11) is -1.67. The molecule has 1 aromatic heterocycles. The highest BCUT2D eigenvalue weighted by molar-refractivity contribution is 7.89. The van der Waals surface area contributed by atoms with Gasteiger partial charge in [-0.2, -0.15) is 0 Å². The number of benzene rings is 1. The molecule has 0 atom stereocenters. The van der Waals surface area contributed by atoms with E-state index in [9.17, 15) is 8.42 Å². The molecule has 108 valence electrons. The number of sulfonamides is 1. The van der Waals surface area contributed by atoms with Crippen molar-refractivity contribution in [1.82, 2.24) is 4.72 Å². The van der Waals surface area contributed by atoms with Gasteiger partial charge in [0.25, 0.3) is 0 Å². The van der Waals surface area contributed by atoms with Crippen molar-refractivity contribution in [3.05, 3.63) is 45.6 Å². The molecule has 0 saturated carbocycles. The van der Waals surface area contributed by atoms with Crippen LogP contribution in [0.2, 0.25) is 4.34 Å². The minimum atomic E-state index is -3.45. The van der Waals surface area contributed by atoms with Crippen LogP contribution in [0.1, 0.15) is 4.88 Å². The Balaban J connectivity index is 1.96. The molecule has 0 bridgehead atoms. The summed E-state index contributed by atoms with van der Waals surface area (Å²) in [5.74, 6) is 0. The topological polar surface area (TPSA) is 58.2 Å². The van der Waals surface area contributed by atoms with Crippen molar-refractivity contribution in [3.8, 4) is 0 Å². The van der Waals surface area contributed by atoms with Crippen molar-refractivity contribution >= 4 is 38.6 Å². The largest absolute Gasteiger partial charge is 0.388 e. The lowest BCUT2D eigenvalue weighted by molar-refractivity contribution is 0.582. The average molecular weight is 331 g/mol. The molecule has 20 heavy (non-hydrogen) atoms. The maximum Gasteiger partial charge on any atom is 0.240 e. The quantitative estimate of drug-likeness (QED) is 0.856. The first-order chi connectivity index (χ1) is 9.51. The van der Waals surface area contributed by atoms with E-state index in [0.29, 0.717) is 17.3 Å². The lowest BCUT2D eigenvalue weighted by Crippen LogP contribution is -2.25. The van der Waals surface area contributed by atoms with Crippen LogP contribution in [0.15, 0.2) is 41.3 Å². The van der Waals surface area contributed by atoms with Crippen LogP contribution in [-0.2, 0) is 16.4 Å². The first-order valence-electron chi connectivity index (χ1n) is 6.03. The van der Waals surface area contributed by atoms with Crippen LogP contribution in [0, 0.1) is 0 Å². The summed E-state index contributed by atoms with van der Waals surface area (Å²) in [6, 6.07) is 10.3. The molecular formula is C13H15ClN2O2S2. The van der Waals surface area contributed by atoms with Crippen molar-refractivity contribution in [2.24, 2.45) is 0 Å². The van der Waals surface area contributed by atoms with Gasteiger partial charge in [0.15, 0.2) is 0 Å². The number of halogens is 1. The highest BCUT2D eigenvalue weighted by Gasteiger charge is 2.13. The van der Waals surface area contributed by atoms with Gasteiger partial charge in [-0.05, 0) is 42.8 Å². The molecule has 0 unspecified atom stereocenters. The summed E-state index contributed by atoms with van der Waals surface area (Å²) in [6.45, 7) is 0.354. The first-order valence-corrected chi connectivity index (χ1v) is 8.71. The Morgan fingerprint density at radius 2 is 1.85 bits per heavy atom. The molecule has 7 heteroatoms. The Bertz CT molecular complexity index is 666. The molecule has 0 spiro atoms. The van der Waals surface area contributed by atoms with Gasteiger partial charge < -0.3 is 5.32 Å². The van der Waals surface area contributed by atoms with E-state index in [1.807, 2.05) is 12.1 Å². The second kappa shape index (κ2) is 6.58. The van der Waals surface area contributed by atoms with Crippen molar-refractivity contribution in [2.75, 3.05) is 18.9 Å². The number of nitrogens with one attached hydrogen (secondary N) is 2. The second-order valence-corrected chi connectivity index (χ2v) is 7.69. The van der Waals surface area contributed by atoms with E-state index < -0.39 is 10.0 Å². The monoisotopic (exact) mass is 330 g/mol. The fourth-order valence-corrected chi connectivity index (χ4v) is 3.80. The van der Waals surface area contributed by atoms with Gasteiger partial charge in [0.2, 0.25) is 10.0 Å². The maximum absolute atomic E-state index is 12.1.